The van der Waals surface area contributed by atoms with Gasteiger partial charge in [-0.3, -0.25) is 0 Å². The summed E-state index contributed by atoms with van der Waals surface area (Å²) in [5, 5.41) is 3.24. The van der Waals surface area contributed by atoms with Crippen molar-refractivity contribution in [2.24, 2.45) is 11.8 Å². The van der Waals surface area contributed by atoms with Gasteiger partial charge < -0.3 is 10.1 Å². The van der Waals surface area contributed by atoms with Gasteiger partial charge in [-0.1, -0.05) is 0 Å². The van der Waals surface area contributed by atoms with E-state index in [0.717, 1.165) is 13.1 Å². The van der Waals surface area contributed by atoms with Gasteiger partial charge in [0.05, 0.1) is 18.5 Å². The van der Waals surface area contributed by atoms with Crippen LogP contribution in [0, 0.1) is 11.8 Å². The summed E-state index contributed by atoms with van der Waals surface area (Å²) in [7, 11) is -3.16. The third kappa shape index (κ3) is 2.94. The monoisotopic (exact) mass is 248 g/mol. The van der Waals surface area contributed by atoms with Gasteiger partial charge in [0.25, 0.3) is 0 Å². The SMILES string of the molecule is CC(C)OCCS(=O)(=O)NC1C2CNCC21. The van der Waals surface area contributed by atoms with Crippen LogP contribution in [0.5, 0.6) is 0 Å². The number of hydrogen-bond donors (Lipinski definition) is 2. The topological polar surface area (TPSA) is 67.4 Å². The molecule has 2 atom stereocenters. The summed E-state index contributed by atoms with van der Waals surface area (Å²) >= 11 is 0. The lowest BCUT2D eigenvalue weighted by atomic mass is 10.4. The third-order valence-electron chi connectivity index (χ3n) is 3.21. The van der Waals surface area contributed by atoms with Crippen LogP contribution in [0.4, 0.5) is 0 Å². The summed E-state index contributed by atoms with van der Waals surface area (Å²) in [6, 6.07) is 0.172. The van der Waals surface area contributed by atoms with E-state index in [1.165, 1.54) is 0 Å². The fourth-order valence-electron chi connectivity index (χ4n) is 2.25. The number of hydrogen-bond acceptors (Lipinski definition) is 4. The smallest absolute Gasteiger partial charge is 0.214 e. The van der Waals surface area contributed by atoms with Gasteiger partial charge in [0.15, 0.2) is 0 Å². The zero-order chi connectivity index (χ0) is 11.8. The lowest BCUT2D eigenvalue weighted by Gasteiger charge is -2.10. The number of rotatable bonds is 6. The minimum Gasteiger partial charge on any atom is -0.378 e. The highest BCUT2D eigenvalue weighted by Gasteiger charge is 2.54. The Morgan fingerprint density at radius 3 is 2.56 bits per heavy atom. The zero-order valence-electron chi connectivity index (χ0n) is 9.77. The maximum atomic E-state index is 11.7. The zero-order valence-corrected chi connectivity index (χ0v) is 10.6. The summed E-state index contributed by atoms with van der Waals surface area (Å²) < 4.78 is 31.4. The Bertz CT molecular complexity index is 332. The standard InChI is InChI=1S/C10H20N2O3S/c1-7(2)15-3-4-16(13,14)12-10-8-5-11-6-9(8)10/h7-12H,3-6H2,1-2H3. The Balaban J connectivity index is 1.72. The van der Waals surface area contributed by atoms with Gasteiger partial charge in [-0.25, -0.2) is 13.1 Å². The molecule has 2 unspecified atom stereocenters. The average molecular weight is 248 g/mol. The van der Waals surface area contributed by atoms with Crippen molar-refractivity contribution in [2.75, 3.05) is 25.4 Å². The fourth-order valence-corrected chi connectivity index (χ4v) is 3.45. The summed E-state index contributed by atoms with van der Waals surface area (Å²) in [5.41, 5.74) is 0. The van der Waals surface area contributed by atoms with E-state index in [-0.39, 0.29) is 24.5 Å². The van der Waals surface area contributed by atoms with Crippen LogP contribution < -0.4 is 10.0 Å². The molecule has 2 aliphatic rings. The predicted octanol–water partition coefficient (Wildman–Crippen LogP) is -0.451. The van der Waals surface area contributed by atoms with Crippen LogP contribution in [0.1, 0.15) is 13.8 Å². The lowest BCUT2D eigenvalue weighted by Crippen LogP contribution is -2.35. The molecule has 0 radical (unpaired) electrons. The molecule has 1 saturated heterocycles. The van der Waals surface area contributed by atoms with Gasteiger partial charge in [-0.2, -0.15) is 0 Å². The van der Waals surface area contributed by atoms with Crippen LogP contribution in [0.2, 0.25) is 0 Å². The molecule has 1 aliphatic heterocycles. The Kier molecular flexibility index (Phi) is 3.53. The van der Waals surface area contributed by atoms with E-state index in [1.54, 1.807) is 0 Å². The van der Waals surface area contributed by atoms with E-state index in [9.17, 15) is 8.42 Å². The molecular formula is C10H20N2O3S. The maximum absolute atomic E-state index is 11.7. The van der Waals surface area contributed by atoms with Crippen molar-refractivity contribution in [2.45, 2.75) is 26.0 Å². The Morgan fingerprint density at radius 1 is 1.38 bits per heavy atom. The third-order valence-corrected chi connectivity index (χ3v) is 4.55. The van der Waals surface area contributed by atoms with Crippen molar-refractivity contribution >= 4 is 10.0 Å². The van der Waals surface area contributed by atoms with Crippen molar-refractivity contribution in [3.05, 3.63) is 0 Å². The van der Waals surface area contributed by atoms with Gasteiger partial charge in [0, 0.05) is 6.04 Å². The van der Waals surface area contributed by atoms with E-state index in [1.807, 2.05) is 13.8 Å². The van der Waals surface area contributed by atoms with Gasteiger partial charge in [-0.05, 0) is 38.8 Å². The van der Waals surface area contributed by atoms with Gasteiger partial charge in [0.1, 0.15) is 0 Å². The number of sulfonamides is 1. The van der Waals surface area contributed by atoms with Crippen LogP contribution in [0.15, 0.2) is 0 Å². The molecule has 1 saturated carbocycles. The maximum Gasteiger partial charge on any atom is 0.214 e. The first kappa shape index (κ1) is 12.3. The normalized spacial score (nSPS) is 33.1. The molecule has 2 N–H and O–H groups in total. The van der Waals surface area contributed by atoms with Crippen molar-refractivity contribution < 1.29 is 13.2 Å². The molecule has 94 valence electrons. The molecule has 0 aromatic heterocycles. The molecule has 6 heteroatoms. The first-order valence-electron chi connectivity index (χ1n) is 5.82. The van der Waals surface area contributed by atoms with Gasteiger partial charge in [0.2, 0.25) is 10.0 Å². The molecule has 1 heterocycles. The molecule has 0 spiro atoms. The van der Waals surface area contributed by atoms with E-state index >= 15 is 0 Å². The number of nitrogens with one attached hydrogen (secondary N) is 2. The highest BCUT2D eigenvalue weighted by atomic mass is 32.2. The Morgan fingerprint density at radius 2 is 2.00 bits per heavy atom. The minimum absolute atomic E-state index is 0.0640. The van der Waals surface area contributed by atoms with Crippen molar-refractivity contribution in [3.8, 4) is 0 Å². The first-order chi connectivity index (χ1) is 7.49. The first-order valence-corrected chi connectivity index (χ1v) is 7.47. The second-order valence-electron chi connectivity index (χ2n) is 4.87. The largest absolute Gasteiger partial charge is 0.378 e. The summed E-state index contributed by atoms with van der Waals surface area (Å²) in [4.78, 5) is 0. The fraction of sp³-hybridized carbons (Fsp3) is 1.00. The number of piperidine rings is 1. The summed E-state index contributed by atoms with van der Waals surface area (Å²) in [6.07, 6.45) is 0.0831. The molecule has 0 aromatic carbocycles. The summed E-state index contributed by atoms with van der Waals surface area (Å²) in [5.74, 6) is 1.09. The van der Waals surface area contributed by atoms with Crippen LogP contribution >= 0.6 is 0 Å². The number of ether oxygens (including phenoxy) is 1. The molecule has 16 heavy (non-hydrogen) atoms. The second-order valence-corrected chi connectivity index (χ2v) is 6.74. The molecule has 0 amide bonds. The molecular weight excluding hydrogens is 228 g/mol. The Hall–Kier alpha value is -0.170. The van der Waals surface area contributed by atoms with Gasteiger partial charge >= 0.3 is 0 Å². The van der Waals surface area contributed by atoms with E-state index < -0.39 is 10.0 Å². The van der Waals surface area contributed by atoms with Crippen LogP contribution in [-0.4, -0.2) is 46.0 Å². The molecule has 0 aromatic rings. The lowest BCUT2D eigenvalue weighted by molar-refractivity contribution is 0.0911. The summed E-state index contributed by atoms with van der Waals surface area (Å²) in [6.45, 7) is 5.96. The van der Waals surface area contributed by atoms with Crippen LogP contribution in [-0.2, 0) is 14.8 Å². The van der Waals surface area contributed by atoms with E-state index in [4.69, 9.17) is 4.74 Å². The molecule has 5 nitrogen and oxygen atoms in total. The highest BCUT2D eigenvalue weighted by Crippen LogP contribution is 2.41. The van der Waals surface area contributed by atoms with Crippen LogP contribution in [0.3, 0.4) is 0 Å². The van der Waals surface area contributed by atoms with E-state index in [0.29, 0.717) is 11.8 Å². The number of fused-ring (bicyclic) bond motifs is 1. The predicted molar refractivity (Wildman–Crippen MR) is 61.6 cm³/mol. The van der Waals surface area contributed by atoms with Crippen molar-refractivity contribution in [1.29, 1.82) is 0 Å². The minimum atomic E-state index is -3.16. The molecule has 0 bridgehead atoms. The van der Waals surface area contributed by atoms with Crippen molar-refractivity contribution in [3.63, 3.8) is 0 Å². The quantitative estimate of drug-likeness (QED) is 0.668. The van der Waals surface area contributed by atoms with Gasteiger partial charge in [-0.15, -0.1) is 0 Å². The Labute approximate surface area is 97.0 Å². The van der Waals surface area contributed by atoms with Crippen molar-refractivity contribution in [1.82, 2.24) is 10.0 Å². The average Bonchev–Trinajstić information content (AvgIpc) is 2.61. The van der Waals surface area contributed by atoms with E-state index in [2.05, 4.69) is 10.0 Å². The second kappa shape index (κ2) is 4.60. The van der Waals surface area contributed by atoms with Crippen LogP contribution in [0.25, 0.3) is 0 Å². The molecule has 2 fully saturated rings. The molecule has 2 rings (SSSR count). The molecule has 1 aliphatic carbocycles. The highest BCUT2D eigenvalue weighted by molar-refractivity contribution is 7.89.